The molecule has 0 bridgehead atoms. The Labute approximate surface area is 121 Å². The van der Waals surface area contributed by atoms with Gasteiger partial charge in [0.1, 0.15) is 0 Å². The van der Waals surface area contributed by atoms with Crippen LogP contribution >= 0.6 is 0 Å². The first kappa shape index (κ1) is 13.1. The van der Waals surface area contributed by atoms with Gasteiger partial charge in [0.2, 0.25) is 0 Å². The Morgan fingerprint density at radius 2 is 2.00 bits per heavy atom. The highest BCUT2D eigenvalue weighted by Crippen LogP contribution is 2.21. The van der Waals surface area contributed by atoms with Gasteiger partial charge in [-0.1, -0.05) is 24.3 Å². The minimum atomic E-state index is -1.03. The van der Waals surface area contributed by atoms with E-state index in [-0.39, 0.29) is 6.04 Å². The molecule has 2 aromatic heterocycles. The summed E-state index contributed by atoms with van der Waals surface area (Å²) < 4.78 is 1.72. The van der Waals surface area contributed by atoms with Gasteiger partial charge in [-0.2, -0.15) is 5.10 Å². The number of hydrogen-bond acceptors (Lipinski definition) is 3. The molecule has 2 N–H and O–H groups in total. The number of amides is 1. The molecule has 106 valence electrons. The quantitative estimate of drug-likeness (QED) is 0.774. The summed E-state index contributed by atoms with van der Waals surface area (Å²) in [5.74, 6) is 0. The summed E-state index contributed by atoms with van der Waals surface area (Å²) in [6.45, 7) is 1.81. The van der Waals surface area contributed by atoms with Crippen molar-refractivity contribution in [3.05, 3.63) is 54.5 Å². The summed E-state index contributed by atoms with van der Waals surface area (Å²) in [5, 5.41) is 15.3. The zero-order chi connectivity index (χ0) is 14.8. The zero-order valence-corrected chi connectivity index (χ0v) is 11.4. The van der Waals surface area contributed by atoms with Crippen molar-refractivity contribution < 1.29 is 9.90 Å². The van der Waals surface area contributed by atoms with Crippen molar-refractivity contribution in [1.29, 1.82) is 0 Å². The van der Waals surface area contributed by atoms with Crippen LogP contribution in [0.1, 0.15) is 18.5 Å². The topological polar surface area (TPSA) is 79.5 Å². The molecule has 0 aliphatic heterocycles. The van der Waals surface area contributed by atoms with Crippen molar-refractivity contribution in [2.75, 3.05) is 0 Å². The zero-order valence-electron chi connectivity index (χ0n) is 11.4. The molecular weight excluding hydrogens is 268 g/mol. The summed E-state index contributed by atoms with van der Waals surface area (Å²) in [4.78, 5) is 15.0. The molecule has 1 amide bonds. The molecule has 1 aromatic carbocycles. The van der Waals surface area contributed by atoms with Crippen molar-refractivity contribution in [3.63, 3.8) is 0 Å². The van der Waals surface area contributed by atoms with E-state index < -0.39 is 6.09 Å². The molecule has 0 aliphatic carbocycles. The fraction of sp³-hybridized carbons (Fsp3) is 0.133. The predicted molar refractivity (Wildman–Crippen MR) is 78.0 cm³/mol. The summed E-state index contributed by atoms with van der Waals surface area (Å²) >= 11 is 0. The normalized spacial score (nSPS) is 12.2. The number of benzene rings is 1. The first-order chi connectivity index (χ1) is 10.1. The standard InChI is InChI=1S/C15H14N4O2/c1-10(18-15(20)21)11-2-4-12(5-3-11)13-8-16-14-6-7-17-19(14)9-13/h2-10,18H,1H3,(H,20,21). The highest BCUT2D eigenvalue weighted by Gasteiger charge is 2.08. The minimum absolute atomic E-state index is 0.247. The van der Waals surface area contributed by atoms with Gasteiger partial charge >= 0.3 is 6.09 Å². The Morgan fingerprint density at radius 3 is 2.71 bits per heavy atom. The van der Waals surface area contributed by atoms with Crippen LogP contribution in [0, 0.1) is 0 Å². The van der Waals surface area contributed by atoms with E-state index in [1.807, 2.05) is 36.5 Å². The molecule has 3 rings (SSSR count). The number of aromatic nitrogens is 3. The summed E-state index contributed by atoms with van der Waals surface area (Å²) in [5.41, 5.74) is 3.67. The Balaban J connectivity index is 1.87. The van der Waals surface area contributed by atoms with Crippen LogP contribution in [0.5, 0.6) is 0 Å². The Kier molecular flexibility index (Phi) is 3.27. The lowest BCUT2D eigenvalue weighted by atomic mass is 10.0. The number of nitrogens with one attached hydrogen (secondary N) is 1. The predicted octanol–water partition coefficient (Wildman–Crippen LogP) is 2.72. The minimum Gasteiger partial charge on any atom is -0.465 e. The van der Waals surface area contributed by atoms with E-state index in [0.29, 0.717) is 0 Å². The van der Waals surface area contributed by atoms with Crippen molar-refractivity contribution in [3.8, 4) is 11.1 Å². The van der Waals surface area contributed by atoms with Crippen LogP contribution in [0.3, 0.4) is 0 Å². The maximum atomic E-state index is 10.6. The number of rotatable bonds is 3. The summed E-state index contributed by atoms with van der Waals surface area (Å²) in [6, 6.07) is 9.30. The lowest BCUT2D eigenvalue weighted by molar-refractivity contribution is 0.191. The molecule has 0 saturated carbocycles. The second-order valence-electron chi connectivity index (χ2n) is 4.77. The molecule has 0 aliphatic rings. The van der Waals surface area contributed by atoms with Crippen LogP contribution < -0.4 is 5.32 Å². The Bertz CT molecular complexity index is 780. The summed E-state index contributed by atoms with van der Waals surface area (Å²) in [7, 11) is 0. The van der Waals surface area contributed by atoms with Crippen LogP contribution in [0.15, 0.2) is 48.9 Å². The van der Waals surface area contributed by atoms with Gasteiger partial charge in [-0.25, -0.2) is 14.3 Å². The maximum Gasteiger partial charge on any atom is 0.405 e. The van der Waals surface area contributed by atoms with Crippen LogP contribution in [-0.2, 0) is 0 Å². The number of fused-ring (bicyclic) bond motifs is 1. The Morgan fingerprint density at radius 1 is 1.24 bits per heavy atom. The van der Waals surface area contributed by atoms with Crippen LogP contribution in [0.4, 0.5) is 4.79 Å². The number of nitrogens with zero attached hydrogens (tertiary/aromatic N) is 3. The largest absolute Gasteiger partial charge is 0.465 e. The third-order valence-electron chi connectivity index (χ3n) is 3.33. The summed E-state index contributed by atoms with van der Waals surface area (Å²) in [6.07, 6.45) is 4.38. The van der Waals surface area contributed by atoms with E-state index in [1.54, 1.807) is 23.8 Å². The molecule has 3 aromatic rings. The molecule has 21 heavy (non-hydrogen) atoms. The highest BCUT2D eigenvalue weighted by molar-refractivity contribution is 5.66. The molecule has 0 saturated heterocycles. The van der Waals surface area contributed by atoms with Crippen LogP contribution in [0.25, 0.3) is 16.8 Å². The lowest BCUT2D eigenvalue weighted by Gasteiger charge is -2.12. The van der Waals surface area contributed by atoms with E-state index in [4.69, 9.17) is 5.11 Å². The van der Waals surface area contributed by atoms with Crippen molar-refractivity contribution >= 4 is 11.7 Å². The van der Waals surface area contributed by atoms with Gasteiger partial charge in [0.05, 0.1) is 12.2 Å². The third-order valence-corrected chi connectivity index (χ3v) is 3.33. The van der Waals surface area contributed by atoms with E-state index >= 15 is 0 Å². The maximum absolute atomic E-state index is 10.6. The van der Waals surface area contributed by atoms with E-state index in [0.717, 1.165) is 22.3 Å². The van der Waals surface area contributed by atoms with Crippen molar-refractivity contribution in [2.24, 2.45) is 0 Å². The lowest BCUT2D eigenvalue weighted by Crippen LogP contribution is -2.24. The third kappa shape index (κ3) is 2.69. The molecular formula is C15H14N4O2. The van der Waals surface area contributed by atoms with E-state index in [1.165, 1.54) is 0 Å². The highest BCUT2D eigenvalue weighted by atomic mass is 16.4. The van der Waals surface area contributed by atoms with Gasteiger partial charge in [-0.15, -0.1) is 0 Å². The molecule has 0 radical (unpaired) electrons. The molecule has 6 heteroatoms. The fourth-order valence-corrected chi connectivity index (χ4v) is 2.19. The van der Waals surface area contributed by atoms with Crippen molar-refractivity contribution in [1.82, 2.24) is 19.9 Å². The molecule has 1 atom stereocenters. The number of carboxylic acid groups (broad SMARTS) is 1. The van der Waals surface area contributed by atoms with Gasteiger partial charge in [-0.3, -0.25) is 0 Å². The Hall–Kier alpha value is -2.89. The first-order valence-electron chi connectivity index (χ1n) is 6.52. The van der Waals surface area contributed by atoms with Gasteiger partial charge in [0.25, 0.3) is 0 Å². The average molecular weight is 282 g/mol. The van der Waals surface area contributed by atoms with Crippen LogP contribution in [-0.4, -0.2) is 25.8 Å². The molecule has 6 nitrogen and oxygen atoms in total. The number of hydrogen-bond donors (Lipinski definition) is 2. The second-order valence-corrected chi connectivity index (χ2v) is 4.77. The van der Waals surface area contributed by atoms with Gasteiger partial charge < -0.3 is 10.4 Å². The smallest absolute Gasteiger partial charge is 0.405 e. The van der Waals surface area contributed by atoms with Gasteiger partial charge in [-0.05, 0) is 18.1 Å². The molecule has 2 heterocycles. The monoisotopic (exact) mass is 282 g/mol. The average Bonchev–Trinajstić information content (AvgIpc) is 2.94. The van der Waals surface area contributed by atoms with E-state index in [2.05, 4.69) is 15.4 Å². The van der Waals surface area contributed by atoms with Gasteiger partial charge in [0, 0.05) is 24.0 Å². The first-order valence-corrected chi connectivity index (χ1v) is 6.52. The van der Waals surface area contributed by atoms with E-state index in [9.17, 15) is 4.79 Å². The van der Waals surface area contributed by atoms with Gasteiger partial charge in [0.15, 0.2) is 5.65 Å². The van der Waals surface area contributed by atoms with Crippen molar-refractivity contribution in [2.45, 2.75) is 13.0 Å². The van der Waals surface area contributed by atoms with Crippen LogP contribution in [0.2, 0.25) is 0 Å². The SMILES string of the molecule is CC(NC(=O)O)c1ccc(-c2cnc3ccnn3c2)cc1. The number of carbonyl (C=O) groups is 1. The fourth-order valence-electron chi connectivity index (χ4n) is 2.19. The molecule has 0 spiro atoms. The molecule has 0 fully saturated rings. The second kappa shape index (κ2) is 5.24. The molecule has 1 unspecified atom stereocenters.